The summed E-state index contributed by atoms with van der Waals surface area (Å²) in [6.07, 6.45) is -0.740. The lowest BCUT2D eigenvalue weighted by Gasteiger charge is -2.34. The number of nitrogens with zero attached hydrogens (tertiary/aromatic N) is 2. The molecular formula is C28H48F3N3O4. The van der Waals surface area contributed by atoms with Crippen molar-refractivity contribution in [3.05, 3.63) is 23.3 Å². The Kier molecular flexibility index (Phi) is 17.9. The molecule has 1 aliphatic heterocycles. The maximum Gasteiger partial charge on any atom is 0.417 e. The van der Waals surface area contributed by atoms with E-state index >= 15 is 0 Å². The fourth-order valence-electron chi connectivity index (χ4n) is 3.87. The van der Waals surface area contributed by atoms with Gasteiger partial charge in [0.2, 0.25) is 0 Å². The summed E-state index contributed by atoms with van der Waals surface area (Å²) in [5, 5.41) is 3.43. The highest BCUT2D eigenvalue weighted by molar-refractivity contribution is 5.82. The molecule has 2 rings (SSSR count). The first kappa shape index (κ1) is 35.8. The molecule has 1 fully saturated rings. The average molecular weight is 548 g/mol. The first-order chi connectivity index (χ1) is 18.0. The minimum atomic E-state index is -4.70. The van der Waals surface area contributed by atoms with Crippen LogP contribution in [0.4, 0.5) is 18.9 Å². The first-order valence-corrected chi connectivity index (χ1v) is 13.4. The number of carbonyl (C=O) groups is 2. The molecule has 0 bridgehead atoms. The van der Waals surface area contributed by atoms with Gasteiger partial charge in [-0.1, -0.05) is 13.8 Å². The van der Waals surface area contributed by atoms with Gasteiger partial charge < -0.3 is 19.7 Å². The van der Waals surface area contributed by atoms with Crippen LogP contribution < -0.4 is 15.0 Å². The molecule has 0 saturated carbocycles. The van der Waals surface area contributed by atoms with E-state index in [1.54, 1.807) is 19.1 Å². The van der Waals surface area contributed by atoms with E-state index in [-0.39, 0.29) is 12.0 Å². The summed E-state index contributed by atoms with van der Waals surface area (Å²) in [5.41, 5.74) is -1.24. The number of aldehydes is 2. The fraction of sp³-hybridized carbons (Fsp3) is 0.714. The maximum absolute atomic E-state index is 13.1. The molecule has 0 amide bonds. The summed E-state index contributed by atoms with van der Waals surface area (Å²) in [6, 6.07) is 3.35. The van der Waals surface area contributed by atoms with Crippen molar-refractivity contribution >= 4 is 18.3 Å². The van der Waals surface area contributed by atoms with Crippen LogP contribution in [0.5, 0.6) is 5.75 Å². The second kappa shape index (κ2) is 19.0. The largest absolute Gasteiger partial charge is 0.481 e. The number of anilines is 1. The summed E-state index contributed by atoms with van der Waals surface area (Å²) in [5.74, 6) is -0.0910. The number of hydrogen-bond donors (Lipinski definition) is 1. The number of halogens is 3. The highest BCUT2D eigenvalue weighted by atomic mass is 19.4. The second-order valence-electron chi connectivity index (χ2n) is 9.36. The van der Waals surface area contributed by atoms with Gasteiger partial charge in [-0.15, -0.1) is 0 Å². The zero-order valence-corrected chi connectivity index (χ0v) is 24.4. The van der Waals surface area contributed by atoms with E-state index < -0.39 is 23.4 Å². The number of alkyl halides is 3. The molecule has 2 atom stereocenters. The second-order valence-corrected chi connectivity index (χ2v) is 9.36. The van der Waals surface area contributed by atoms with Crippen LogP contribution in [0.25, 0.3) is 0 Å². The zero-order valence-electron chi connectivity index (χ0n) is 24.4. The van der Waals surface area contributed by atoms with Gasteiger partial charge in [-0.2, -0.15) is 13.2 Å². The minimum Gasteiger partial charge on any atom is -0.481 e. The number of hydrogen-bond acceptors (Lipinski definition) is 7. The van der Waals surface area contributed by atoms with Crippen molar-refractivity contribution in [1.82, 2.24) is 10.2 Å². The molecule has 0 radical (unpaired) electrons. The number of piperidine rings is 1. The Balaban J connectivity index is 0.000000873. The summed E-state index contributed by atoms with van der Waals surface area (Å²) >= 11 is 0. The SMILES string of the molecule is CC.CC(C)N(C)[C@@H]1CCCNC1.COCCCCN(C)c1cc(C=O)c(C(F)(F)F)cc1O[C@@H](C)C=O. The molecule has 1 N–H and O–H groups in total. The Morgan fingerprint density at radius 1 is 1.13 bits per heavy atom. The number of benzene rings is 1. The summed E-state index contributed by atoms with van der Waals surface area (Å²) in [7, 11) is 5.49. The van der Waals surface area contributed by atoms with Gasteiger partial charge in [0.25, 0.3) is 0 Å². The van der Waals surface area contributed by atoms with Gasteiger partial charge >= 0.3 is 6.18 Å². The van der Waals surface area contributed by atoms with Crippen molar-refractivity contribution in [1.29, 1.82) is 0 Å². The minimum absolute atomic E-state index is 0.0910. The molecule has 0 aromatic heterocycles. The number of likely N-dealkylation sites (N-methyl/N-ethyl adjacent to an activating group) is 1. The van der Waals surface area contributed by atoms with Gasteiger partial charge in [0.05, 0.1) is 11.3 Å². The Morgan fingerprint density at radius 2 is 1.79 bits per heavy atom. The third kappa shape index (κ3) is 12.6. The fourth-order valence-corrected chi connectivity index (χ4v) is 3.87. The van der Waals surface area contributed by atoms with Crippen LogP contribution in [-0.4, -0.2) is 83.1 Å². The number of unbranched alkanes of at least 4 members (excludes halogenated alkanes) is 1. The normalized spacial score (nSPS) is 16.1. The summed E-state index contributed by atoms with van der Waals surface area (Å²) in [4.78, 5) is 26.1. The molecule has 0 spiro atoms. The van der Waals surface area contributed by atoms with Crippen molar-refractivity contribution in [3.63, 3.8) is 0 Å². The molecule has 1 heterocycles. The van der Waals surface area contributed by atoms with Crippen LogP contribution in [0.1, 0.15) is 76.2 Å². The van der Waals surface area contributed by atoms with Crippen LogP contribution >= 0.6 is 0 Å². The molecule has 1 aromatic rings. The molecule has 220 valence electrons. The number of rotatable bonds is 12. The standard InChI is InChI=1S/C17H22F3NO4.C9H20N2.C2H6/c1-12(10-22)25-16-9-14(17(18,19)20)13(11-23)8-15(16)21(2)6-4-5-7-24-3;1-8(2)11(3)9-5-4-6-10-7-9;1-2/h8-12H,4-7H2,1-3H3;8-10H,4-7H2,1-3H3;1-2H3/t12-;9-;/m01./s1. The molecule has 1 aliphatic rings. The third-order valence-corrected chi connectivity index (χ3v) is 6.23. The Bertz CT molecular complexity index is 800. The van der Waals surface area contributed by atoms with E-state index in [9.17, 15) is 22.8 Å². The van der Waals surface area contributed by atoms with Crippen molar-refractivity contribution in [3.8, 4) is 5.75 Å². The molecule has 1 saturated heterocycles. The Hall–Kier alpha value is -2.17. The van der Waals surface area contributed by atoms with E-state index in [1.165, 1.54) is 32.9 Å². The number of methoxy groups -OCH3 is 1. The molecular weight excluding hydrogens is 499 g/mol. The van der Waals surface area contributed by atoms with Gasteiger partial charge in [-0.05, 0) is 72.2 Å². The molecule has 7 nitrogen and oxygen atoms in total. The van der Waals surface area contributed by atoms with Gasteiger partial charge in [0.15, 0.2) is 18.7 Å². The highest BCUT2D eigenvalue weighted by Crippen LogP contribution is 2.39. The lowest BCUT2D eigenvalue weighted by atomic mass is 10.1. The average Bonchev–Trinajstić information content (AvgIpc) is 2.91. The zero-order chi connectivity index (χ0) is 29.3. The molecule has 38 heavy (non-hydrogen) atoms. The molecule has 1 aromatic carbocycles. The van der Waals surface area contributed by atoms with E-state index in [0.29, 0.717) is 31.2 Å². The van der Waals surface area contributed by atoms with E-state index in [0.717, 1.165) is 31.0 Å². The van der Waals surface area contributed by atoms with Crippen molar-refractivity contribution in [2.24, 2.45) is 0 Å². The predicted molar refractivity (Wildman–Crippen MR) is 148 cm³/mol. The van der Waals surface area contributed by atoms with E-state index in [4.69, 9.17) is 9.47 Å². The maximum atomic E-state index is 13.1. The molecule has 0 unspecified atom stereocenters. The monoisotopic (exact) mass is 547 g/mol. The van der Waals surface area contributed by atoms with Crippen LogP contribution in [0.2, 0.25) is 0 Å². The lowest BCUT2D eigenvalue weighted by Crippen LogP contribution is -2.46. The number of ether oxygens (including phenoxy) is 2. The smallest absolute Gasteiger partial charge is 0.417 e. The third-order valence-electron chi connectivity index (χ3n) is 6.23. The van der Waals surface area contributed by atoms with Crippen LogP contribution in [-0.2, 0) is 15.7 Å². The van der Waals surface area contributed by atoms with E-state index in [1.807, 2.05) is 13.8 Å². The topological polar surface area (TPSA) is 71.1 Å². The van der Waals surface area contributed by atoms with Gasteiger partial charge in [0.1, 0.15) is 5.75 Å². The molecule has 0 aliphatic carbocycles. The predicted octanol–water partition coefficient (Wildman–Crippen LogP) is 5.45. The van der Waals surface area contributed by atoms with Crippen molar-refractivity contribution < 1.29 is 32.2 Å². The van der Waals surface area contributed by atoms with Gasteiger partial charge in [-0.3, -0.25) is 14.5 Å². The van der Waals surface area contributed by atoms with Gasteiger partial charge in [-0.25, -0.2) is 0 Å². The Morgan fingerprint density at radius 3 is 2.26 bits per heavy atom. The first-order valence-electron chi connectivity index (χ1n) is 13.4. The number of nitrogens with one attached hydrogen (secondary N) is 1. The lowest BCUT2D eigenvalue weighted by molar-refractivity contribution is -0.137. The van der Waals surface area contributed by atoms with Crippen molar-refractivity contribution in [2.45, 2.75) is 84.7 Å². The van der Waals surface area contributed by atoms with Crippen molar-refractivity contribution in [2.75, 3.05) is 52.3 Å². The molecule has 10 heteroatoms. The van der Waals surface area contributed by atoms with Crippen LogP contribution in [0.15, 0.2) is 12.1 Å². The Labute approximate surface area is 227 Å². The van der Waals surface area contributed by atoms with Crippen LogP contribution in [0, 0.1) is 0 Å². The van der Waals surface area contributed by atoms with Gasteiger partial charge in [0, 0.05) is 51.5 Å². The number of carbonyl (C=O) groups excluding carboxylic acids is 2. The summed E-state index contributed by atoms with van der Waals surface area (Å²) < 4.78 is 49.7. The van der Waals surface area contributed by atoms with Crippen LogP contribution in [0.3, 0.4) is 0 Å². The summed E-state index contributed by atoms with van der Waals surface area (Å²) in [6.45, 7) is 13.4. The quantitative estimate of drug-likeness (QED) is 0.276. The van der Waals surface area contributed by atoms with E-state index in [2.05, 4.69) is 31.1 Å². The highest BCUT2D eigenvalue weighted by Gasteiger charge is 2.35.